The molecule has 0 N–H and O–H groups in total. The van der Waals surface area contributed by atoms with Gasteiger partial charge < -0.3 is 0 Å². The summed E-state index contributed by atoms with van der Waals surface area (Å²) in [7, 11) is 0. The molecule has 0 saturated carbocycles. The molecule has 3 aromatic rings. The summed E-state index contributed by atoms with van der Waals surface area (Å²) in [6.45, 7) is 0. The van der Waals surface area contributed by atoms with Gasteiger partial charge in [0.1, 0.15) is 0 Å². The van der Waals surface area contributed by atoms with Gasteiger partial charge in [-0.3, -0.25) is 4.98 Å². The lowest BCUT2D eigenvalue weighted by atomic mass is 9.96. The molecule has 0 aliphatic rings. The van der Waals surface area contributed by atoms with E-state index in [4.69, 9.17) is 0 Å². The van der Waals surface area contributed by atoms with Crippen LogP contribution in [0, 0.1) is 11.3 Å². The number of pyridine rings is 1. The van der Waals surface area contributed by atoms with E-state index in [1.807, 2.05) is 66.7 Å². The number of hydrogen-bond donors (Lipinski definition) is 0. The van der Waals surface area contributed by atoms with Crippen molar-refractivity contribution in [2.75, 3.05) is 0 Å². The molecule has 0 saturated heterocycles. The van der Waals surface area contributed by atoms with Crippen LogP contribution in [0.25, 0.3) is 22.4 Å². The van der Waals surface area contributed by atoms with Crippen LogP contribution >= 0.6 is 0 Å². The van der Waals surface area contributed by atoms with Crippen molar-refractivity contribution in [3.05, 3.63) is 78.5 Å². The maximum Gasteiger partial charge on any atom is 0.0998 e. The molecule has 2 aromatic carbocycles. The van der Waals surface area contributed by atoms with Crippen molar-refractivity contribution < 1.29 is 0 Å². The summed E-state index contributed by atoms with van der Waals surface area (Å²) in [5, 5.41) is 9.27. The van der Waals surface area contributed by atoms with Crippen LogP contribution in [0.1, 0.15) is 5.56 Å². The fourth-order valence-electron chi connectivity index (χ4n) is 2.26. The highest BCUT2D eigenvalue weighted by molar-refractivity contribution is 5.83. The zero-order valence-corrected chi connectivity index (χ0v) is 10.8. The van der Waals surface area contributed by atoms with E-state index in [1.54, 1.807) is 6.20 Å². The number of nitriles is 1. The molecule has 0 aliphatic carbocycles. The monoisotopic (exact) mass is 256 g/mol. The van der Waals surface area contributed by atoms with Crippen LogP contribution in [0.3, 0.4) is 0 Å². The van der Waals surface area contributed by atoms with Crippen molar-refractivity contribution in [3.8, 4) is 28.5 Å². The van der Waals surface area contributed by atoms with Crippen molar-refractivity contribution in [1.29, 1.82) is 5.26 Å². The summed E-state index contributed by atoms with van der Waals surface area (Å²) in [6.07, 6.45) is 1.78. The van der Waals surface area contributed by atoms with E-state index >= 15 is 0 Å². The maximum atomic E-state index is 9.27. The number of rotatable bonds is 2. The summed E-state index contributed by atoms with van der Waals surface area (Å²) in [4.78, 5) is 4.49. The number of aromatic nitrogens is 1. The van der Waals surface area contributed by atoms with Crippen LogP contribution in [-0.4, -0.2) is 4.98 Å². The Balaban J connectivity index is 2.24. The largest absolute Gasteiger partial charge is 0.256 e. The third-order valence-corrected chi connectivity index (χ3v) is 3.19. The van der Waals surface area contributed by atoms with Crippen molar-refractivity contribution in [2.24, 2.45) is 0 Å². The van der Waals surface area contributed by atoms with Crippen LogP contribution in [0.5, 0.6) is 0 Å². The first kappa shape index (κ1) is 12.1. The zero-order chi connectivity index (χ0) is 13.8. The van der Waals surface area contributed by atoms with E-state index in [0.29, 0.717) is 5.56 Å². The van der Waals surface area contributed by atoms with Crippen LogP contribution < -0.4 is 0 Å². The zero-order valence-electron chi connectivity index (χ0n) is 10.8. The van der Waals surface area contributed by atoms with Crippen LogP contribution in [0.2, 0.25) is 0 Å². The first-order chi connectivity index (χ1) is 9.90. The lowest BCUT2D eigenvalue weighted by molar-refractivity contribution is 1.32. The maximum absolute atomic E-state index is 9.27. The minimum Gasteiger partial charge on any atom is -0.256 e. The van der Waals surface area contributed by atoms with Gasteiger partial charge >= 0.3 is 0 Å². The van der Waals surface area contributed by atoms with Gasteiger partial charge in [0.25, 0.3) is 0 Å². The molecule has 0 unspecified atom stereocenters. The second-order valence-corrected chi connectivity index (χ2v) is 4.42. The van der Waals surface area contributed by atoms with E-state index < -0.39 is 0 Å². The van der Waals surface area contributed by atoms with Gasteiger partial charge in [0.15, 0.2) is 0 Å². The summed E-state index contributed by atoms with van der Waals surface area (Å²) in [6, 6.07) is 23.8. The summed E-state index contributed by atoms with van der Waals surface area (Å²) >= 11 is 0. The van der Waals surface area contributed by atoms with Crippen LogP contribution in [0.15, 0.2) is 72.9 Å². The van der Waals surface area contributed by atoms with E-state index in [-0.39, 0.29) is 0 Å². The third-order valence-electron chi connectivity index (χ3n) is 3.19. The highest BCUT2D eigenvalue weighted by Crippen LogP contribution is 2.31. The lowest BCUT2D eigenvalue weighted by Crippen LogP contribution is -1.90. The Kier molecular flexibility index (Phi) is 3.26. The average molecular weight is 256 g/mol. The van der Waals surface area contributed by atoms with Crippen molar-refractivity contribution >= 4 is 0 Å². The van der Waals surface area contributed by atoms with Crippen molar-refractivity contribution in [2.45, 2.75) is 0 Å². The van der Waals surface area contributed by atoms with Crippen LogP contribution in [-0.2, 0) is 0 Å². The van der Waals surface area contributed by atoms with Crippen molar-refractivity contribution in [1.82, 2.24) is 4.98 Å². The molecule has 0 amide bonds. The third kappa shape index (κ3) is 2.17. The quantitative estimate of drug-likeness (QED) is 0.686. The molecular formula is C18H12N2. The van der Waals surface area contributed by atoms with E-state index in [1.165, 1.54) is 0 Å². The van der Waals surface area contributed by atoms with Gasteiger partial charge in [0.05, 0.1) is 17.3 Å². The summed E-state index contributed by atoms with van der Waals surface area (Å²) in [5.41, 5.74) is 4.52. The minimum atomic E-state index is 0.665. The van der Waals surface area contributed by atoms with Gasteiger partial charge in [-0.2, -0.15) is 5.26 Å². The van der Waals surface area contributed by atoms with Gasteiger partial charge in [-0.15, -0.1) is 0 Å². The minimum absolute atomic E-state index is 0.665. The molecular weight excluding hydrogens is 244 g/mol. The van der Waals surface area contributed by atoms with Gasteiger partial charge in [-0.25, -0.2) is 0 Å². The molecule has 1 aromatic heterocycles. The molecule has 0 radical (unpaired) electrons. The SMILES string of the molecule is N#Cc1ccccc1-c1cccnc1-c1ccccc1. The van der Waals surface area contributed by atoms with Gasteiger partial charge in [-0.05, 0) is 12.1 Å². The van der Waals surface area contributed by atoms with Crippen LogP contribution in [0.4, 0.5) is 0 Å². The Labute approximate surface area is 118 Å². The molecule has 0 atom stereocenters. The highest BCUT2D eigenvalue weighted by atomic mass is 14.7. The Morgan fingerprint density at radius 2 is 1.45 bits per heavy atom. The first-order valence-electron chi connectivity index (χ1n) is 6.40. The molecule has 0 aliphatic heterocycles. The molecule has 2 heteroatoms. The van der Waals surface area contributed by atoms with Gasteiger partial charge in [0, 0.05) is 22.9 Å². The van der Waals surface area contributed by atoms with Gasteiger partial charge in [0.2, 0.25) is 0 Å². The molecule has 0 spiro atoms. The number of benzene rings is 2. The second kappa shape index (κ2) is 5.38. The topological polar surface area (TPSA) is 36.7 Å². The van der Waals surface area contributed by atoms with E-state index in [2.05, 4.69) is 11.1 Å². The summed E-state index contributed by atoms with van der Waals surface area (Å²) < 4.78 is 0. The van der Waals surface area contributed by atoms with E-state index in [0.717, 1.165) is 22.4 Å². The normalized spacial score (nSPS) is 9.95. The number of nitrogens with zero attached hydrogens (tertiary/aromatic N) is 2. The lowest BCUT2D eigenvalue weighted by Gasteiger charge is -2.10. The molecule has 94 valence electrons. The summed E-state index contributed by atoms with van der Waals surface area (Å²) in [5.74, 6) is 0. The molecule has 20 heavy (non-hydrogen) atoms. The highest BCUT2D eigenvalue weighted by Gasteiger charge is 2.11. The van der Waals surface area contributed by atoms with Gasteiger partial charge in [-0.1, -0.05) is 54.6 Å². The smallest absolute Gasteiger partial charge is 0.0998 e. The Hall–Kier alpha value is -2.92. The molecule has 2 nitrogen and oxygen atoms in total. The first-order valence-corrected chi connectivity index (χ1v) is 6.40. The second-order valence-electron chi connectivity index (χ2n) is 4.42. The molecule has 1 heterocycles. The Morgan fingerprint density at radius 3 is 2.25 bits per heavy atom. The van der Waals surface area contributed by atoms with Crippen molar-refractivity contribution in [3.63, 3.8) is 0 Å². The number of hydrogen-bond acceptors (Lipinski definition) is 2. The predicted octanol–water partition coefficient (Wildman–Crippen LogP) is 4.29. The fraction of sp³-hybridized carbons (Fsp3) is 0. The molecule has 0 bridgehead atoms. The van der Waals surface area contributed by atoms with E-state index in [9.17, 15) is 5.26 Å². The Bertz CT molecular complexity index is 771. The Morgan fingerprint density at radius 1 is 0.750 bits per heavy atom. The standard InChI is InChI=1S/C18H12N2/c19-13-15-9-4-5-10-16(15)17-11-6-12-20-18(17)14-7-2-1-3-8-14/h1-12H. The molecule has 0 fully saturated rings. The average Bonchev–Trinajstić information content (AvgIpc) is 2.55. The predicted molar refractivity (Wildman–Crippen MR) is 79.8 cm³/mol. The fourth-order valence-corrected chi connectivity index (χ4v) is 2.26. The molecule has 3 rings (SSSR count).